The van der Waals surface area contributed by atoms with Crippen molar-refractivity contribution in [2.45, 2.75) is 57.3 Å². The molecule has 2 heterocycles. The van der Waals surface area contributed by atoms with Crippen molar-refractivity contribution >= 4 is 34.8 Å². The predicted molar refractivity (Wildman–Crippen MR) is 160 cm³/mol. The van der Waals surface area contributed by atoms with E-state index in [-0.39, 0.29) is 50.9 Å². The Morgan fingerprint density at radius 2 is 1.81 bits per heavy atom. The summed E-state index contributed by atoms with van der Waals surface area (Å²) in [6.07, 6.45) is 5.07. The second kappa shape index (κ2) is 15.5. The van der Waals surface area contributed by atoms with Crippen LogP contribution in [0.2, 0.25) is 0 Å². The van der Waals surface area contributed by atoms with Crippen molar-refractivity contribution in [1.29, 1.82) is 0 Å². The maximum Gasteiger partial charge on any atom is 0.408 e. The number of hydrogen-bond donors (Lipinski definition) is 5. The molecular formula is C32H38N4O7. The van der Waals surface area contributed by atoms with Crippen LogP contribution in [0.5, 0.6) is 0 Å². The fourth-order valence-electron chi connectivity index (χ4n) is 4.82. The number of esters is 1. The van der Waals surface area contributed by atoms with Crippen LogP contribution in [0.3, 0.4) is 0 Å². The monoisotopic (exact) mass is 590 g/mol. The number of amides is 3. The number of hydrogen-bond acceptors (Lipinski definition) is 7. The molecule has 0 unspecified atom stereocenters. The molecule has 2 aromatic carbocycles. The topological polar surface area (TPSA) is 159 Å². The second-order valence-electron chi connectivity index (χ2n) is 10.7. The first-order chi connectivity index (χ1) is 20.8. The Kier molecular flexibility index (Phi) is 11.3. The molecule has 11 nitrogen and oxygen atoms in total. The summed E-state index contributed by atoms with van der Waals surface area (Å²) >= 11 is 0. The van der Waals surface area contributed by atoms with Gasteiger partial charge in [0, 0.05) is 29.6 Å². The average Bonchev–Trinajstić information content (AvgIpc) is 3.41. The average molecular weight is 591 g/mol. The molecule has 0 radical (unpaired) electrons. The maximum atomic E-state index is 13.4. The number of aromatic nitrogens is 1. The molecule has 1 aliphatic heterocycles. The molecule has 3 amide bonds. The molecule has 4 rings (SSSR count). The molecule has 0 aliphatic carbocycles. The van der Waals surface area contributed by atoms with Gasteiger partial charge in [-0.1, -0.05) is 60.7 Å². The number of benzene rings is 2. The highest BCUT2D eigenvalue weighted by Gasteiger charge is 2.28. The fraction of sp³-hybridized carbons (Fsp3) is 0.375. The van der Waals surface area contributed by atoms with Gasteiger partial charge in [-0.15, -0.1) is 0 Å². The predicted octanol–water partition coefficient (Wildman–Crippen LogP) is 2.89. The van der Waals surface area contributed by atoms with Crippen LogP contribution < -0.4 is 16.0 Å². The van der Waals surface area contributed by atoms with Gasteiger partial charge in [0.25, 0.3) is 0 Å². The van der Waals surface area contributed by atoms with Gasteiger partial charge in [0.15, 0.2) is 0 Å². The van der Waals surface area contributed by atoms with Gasteiger partial charge in [-0.3, -0.25) is 9.59 Å². The third kappa shape index (κ3) is 9.44. The molecule has 0 bridgehead atoms. The highest BCUT2D eigenvalue weighted by Crippen LogP contribution is 2.20. The first-order valence-electron chi connectivity index (χ1n) is 14.4. The van der Waals surface area contributed by atoms with Gasteiger partial charge < -0.3 is 35.5 Å². The Bertz CT molecular complexity index is 1420. The molecule has 11 heteroatoms. The lowest BCUT2D eigenvalue weighted by molar-refractivity contribution is -0.147. The van der Waals surface area contributed by atoms with Crippen LogP contribution in [-0.4, -0.2) is 65.3 Å². The second-order valence-corrected chi connectivity index (χ2v) is 10.7. The summed E-state index contributed by atoms with van der Waals surface area (Å²) in [5.74, 6) is -2.07. The van der Waals surface area contributed by atoms with Crippen molar-refractivity contribution in [2.75, 3.05) is 13.2 Å². The molecule has 0 spiro atoms. The lowest BCUT2D eigenvalue weighted by Gasteiger charge is -2.24. The van der Waals surface area contributed by atoms with Crippen molar-refractivity contribution in [3.8, 4) is 0 Å². The van der Waals surface area contributed by atoms with Crippen LogP contribution >= 0.6 is 0 Å². The third-order valence-electron chi connectivity index (χ3n) is 7.15. The first-order valence-corrected chi connectivity index (χ1v) is 14.4. The van der Waals surface area contributed by atoms with Gasteiger partial charge >= 0.3 is 12.1 Å². The number of aliphatic hydroxyl groups is 1. The summed E-state index contributed by atoms with van der Waals surface area (Å²) in [5.41, 5.74) is 2.66. The molecule has 43 heavy (non-hydrogen) atoms. The normalized spacial score (nSPS) is 20.2. The van der Waals surface area contributed by atoms with E-state index in [1.54, 1.807) is 19.1 Å². The van der Waals surface area contributed by atoms with Crippen LogP contribution in [0.15, 0.2) is 72.9 Å². The van der Waals surface area contributed by atoms with Crippen molar-refractivity contribution in [3.05, 3.63) is 84.1 Å². The van der Waals surface area contributed by atoms with Gasteiger partial charge in [0.2, 0.25) is 11.8 Å². The number of nitrogens with one attached hydrogen (secondary N) is 4. The summed E-state index contributed by atoms with van der Waals surface area (Å²) in [7, 11) is 0. The number of fused-ring (bicyclic) bond motifs is 1. The summed E-state index contributed by atoms with van der Waals surface area (Å²) in [5, 5.41) is 18.5. The van der Waals surface area contributed by atoms with Crippen LogP contribution in [-0.2, 0) is 36.9 Å². The van der Waals surface area contributed by atoms with Gasteiger partial charge in [0.1, 0.15) is 19.3 Å². The number of aliphatic hydroxyl groups excluding tert-OH is 1. The first kappa shape index (κ1) is 31.3. The SMILES string of the molecule is C[C@H](CO)NC(=O)C[C@H]1CC=CC[C@@H](NC(=O)OCc2ccccc2)C(=O)OC[C@H](Cc2c[nH]c3ccccc23)NC1=O. The number of rotatable bonds is 9. The minimum Gasteiger partial charge on any atom is -0.462 e. The summed E-state index contributed by atoms with van der Waals surface area (Å²) in [6, 6.07) is 14.8. The Balaban J connectivity index is 1.50. The molecular weight excluding hydrogens is 552 g/mol. The summed E-state index contributed by atoms with van der Waals surface area (Å²) in [4.78, 5) is 54.9. The highest BCUT2D eigenvalue weighted by atomic mass is 16.6. The van der Waals surface area contributed by atoms with Crippen LogP contribution in [0.1, 0.15) is 37.3 Å². The van der Waals surface area contributed by atoms with Crippen LogP contribution in [0.4, 0.5) is 4.79 Å². The lowest BCUT2D eigenvalue weighted by Crippen LogP contribution is -2.47. The number of carbonyl (C=O) groups is 4. The van der Waals surface area contributed by atoms with Crippen molar-refractivity contribution < 1.29 is 33.8 Å². The van der Waals surface area contributed by atoms with Crippen molar-refractivity contribution in [3.63, 3.8) is 0 Å². The van der Waals surface area contributed by atoms with E-state index in [1.807, 2.05) is 60.8 Å². The zero-order valence-electron chi connectivity index (χ0n) is 24.1. The molecule has 4 atom stereocenters. The van der Waals surface area contributed by atoms with E-state index >= 15 is 0 Å². The molecule has 0 fully saturated rings. The fourth-order valence-corrected chi connectivity index (χ4v) is 4.82. The van der Waals surface area contributed by atoms with Gasteiger partial charge in [-0.25, -0.2) is 9.59 Å². The number of ether oxygens (including phenoxy) is 2. The summed E-state index contributed by atoms with van der Waals surface area (Å²) < 4.78 is 10.9. The minimum atomic E-state index is -1.02. The molecule has 3 aromatic rings. The molecule has 0 saturated carbocycles. The van der Waals surface area contributed by atoms with E-state index in [4.69, 9.17) is 9.47 Å². The molecule has 1 aromatic heterocycles. The lowest BCUT2D eigenvalue weighted by atomic mass is 9.97. The third-order valence-corrected chi connectivity index (χ3v) is 7.15. The Morgan fingerprint density at radius 3 is 2.60 bits per heavy atom. The van der Waals surface area contributed by atoms with Gasteiger partial charge in [-0.2, -0.15) is 0 Å². The van der Waals surface area contributed by atoms with E-state index in [0.717, 1.165) is 22.0 Å². The van der Waals surface area contributed by atoms with E-state index in [0.29, 0.717) is 6.42 Å². The Labute approximate surface area is 250 Å². The maximum absolute atomic E-state index is 13.4. The standard InChI is InChI=1S/C32H38N4O7/c1-21(18-37)34-29(38)16-23-11-5-7-14-28(36-32(41)43-19-22-9-3-2-4-10-22)31(40)42-20-25(35-30(23)39)15-24-17-33-27-13-8-6-12-26(24)27/h2-10,12-13,17,21,23,25,28,33,37H,11,14-16,18-20H2,1H3,(H,34,38)(H,35,39)(H,36,41)/t21-,23-,25+,28-/m1/s1. The Morgan fingerprint density at radius 1 is 1.07 bits per heavy atom. The van der Waals surface area contributed by atoms with E-state index in [1.165, 1.54) is 0 Å². The van der Waals surface area contributed by atoms with E-state index in [9.17, 15) is 24.3 Å². The Hall–Kier alpha value is -4.64. The largest absolute Gasteiger partial charge is 0.462 e. The number of allylic oxidation sites excluding steroid dienone is 1. The molecule has 1 aliphatic rings. The van der Waals surface area contributed by atoms with E-state index in [2.05, 4.69) is 20.9 Å². The smallest absolute Gasteiger partial charge is 0.408 e. The molecule has 228 valence electrons. The zero-order chi connectivity index (χ0) is 30.6. The minimum absolute atomic E-state index is 0.0433. The van der Waals surface area contributed by atoms with Crippen LogP contribution in [0.25, 0.3) is 10.9 Å². The van der Waals surface area contributed by atoms with Crippen LogP contribution in [0, 0.1) is 5.92 Å². The van der Waals surface area contributed by atoms with E-state index < -0.39 is 36.1 Å². The number of para-hydroxylation sites is 1. The van der Waals surface area contributed by atoms with Gasteiger partial charge in [-0.05, 0) is 43.4 Å². The van der Waals surface area contributed by atoms with Crippen molar-refractivity contribution in [2.24, 2.45) is 5.92 Å². The number of alkyl carbamates (subject to hydrolysis) is 1. The quantitative estimate of drug-likeness (QED) is 0.189. The summed E-state index contributed by atoms with van der Waals surface area (Å²) in [6.45, 7) is 1.35. The zero-order valence-corrected chi connectivity index (χ0v) is 24.1. The number of H-pyrrole nitrogens is 1. The van der Waals surface area contributed by atoms with Gasteiger partial charge in [0.05, 0.1) is 18.6 Å². The van der Waals surface area contributed by atoms with Crippen molar-refractivity contribution in [1.82, 2.24) is 20.9 Å². The highest BCUT2D eigenvalue weighted by molar-refractivity contribution is 5.87. The molecule has 5 N–H and O–H groups in total. The number of cyclic esters (lactones) is 1. The number of aromatic amines is 1. The number of carbonyl (C=O) groups excluding carboxylic acids is 4. The molecule has 0 saturated heterocycles.